The summed E-state index contributed by atoms with van der Waals surface area (Å²) in [5, 5.41) is 15.6. The standard InChI is InChI=1S/C24H22F3N5O2/c25-17-3-5-19(6-4-17)32-22-20(12-29-32)23(33)31(15-28-22)14-24(34)7-9-30(10-8-24)13-16-1-2-18(26)11-21(16)27/h1-6,11-12,15,34H,7-10,13-14H2. The summed E-state index contributed by atoms with van der Waals surface area (Å²) in [6.07, 6.45) is 3.56. The number of fused-ring (bicyclic) bond motifs is 1. The first kappa shape index (κ1) is 22.3. The van der Waals surface area contributed by atoms with Crippen molar-refractivity contribution in [2.24, 2.45) is 0 Å². The molecule has 0 unspecified atom stereocenters. The Bertz CT molecular complexity index is 1390. The van der Waals surface area contributed by atoms with E-state index < -0.39 is 17.2 Å². The fourth-order valence-electron chi connectivity index (χ4n) is 4.33. The second kappa shape index (κ2) is 8.69. The second-order valence-electron chi connectivity index (χ2n) is 8.68. The van der Waals surface area contributed by atoms with Crippen LogP contribution in [0, 0.1) is 17.5 Å². The molecule has 7 nitrogen and oxygen atoms in total. The highest BCUT2D eigenvalue weighted by Crippen LogP contribution is 2.26. The van der Waals surface area contributed by atoms with E-state index in [-0.39, 0.29) is 17.9 Å². The lowest BCUT2D eigenvalue weighted by atomic mass is 9.91. The number of benzene rings is 2. The number of rotatable bonds is 5. The summed E-state index contributed by atoms with van der Waals surface area (Å²) in [5.74, 6) is -1.58. The molecule has 0 spiro atoms. The molecule has 2 aromatic carbocycles. The van der Waals surface area contributed by atoms with E-state index in [1.807, 2.05) is 4.90 Å². The number of hydrogen-bond donors (Lipinski definition) is 1. The smallest absolute Gasteiger partial charge is 0.264 e. The molecule has 1 aliphatic heterocycles. The molecular weight excluding hydrogens is 447 g/mol. The molecule has 0 radical (unpaired) electrons. The average molecular weight is 469 g/mol. The molecule has 1 aliphatic rings. The van der Waals surface area contributed by atoms with Gasteiger partial charge in [0.15, 0.2) is 5.65 Å². The number of nitrogens with zero attached hydrogens (tertiary/aromatic N) is 5. The van der Waals surface area contributed by atoms with E-state index in [1.165, 1.54) is 46.0 Å². The maximum Gasteiger partial charge on any atom is 0.264 e. The van der Waals surface area contributed by atoms with Crippen LogP contribution in [0.1, 0.15) is 18.4 Å². The first-order chi connectivity index (χ1) is 16.3. The van der Waals surface area contributed by atoms with Gasteiger partial charge in [0.2, 0.25) is 0 Å². The number of aromatic nitrogens is 4. The van der Waals surface area contributed by atoms with E-state index >= 15 is 0 Å². The SMILES string of the molecule is O=c1c2cnn(-c3ccc(F)cc3)c2ncn1CC1(O)CCN(Cc2ccc(F)cc2F)CC1. The van der Waals surface area contributed by atoms with E-state index in [1.54, 1.807) is 12.1 Å². The van der Waals surface area contributed by atoms with Gasteiger partial charge in [-0.2, -0.15) is 5.10 Å². The van der Waals surface area contributed by atoms with Crippen LogP contribution in [0.5, 0.6) is 0 Å². The second-order valence-corrected chi connectivity index (χ2v) is 8.68. The Morgan fingerprint density at radius 1 is 1.00 bits per heavy atom. The van der Waals surface area contributed by atoms with Gasteiger partial charge in [-0.05, 0) is 43.2 Å². The van der Waals surface area contributed by atoms with Gasteiger partial charge in [0.1, 0.15) is 29.2 Å². The van der Waals surface area contributed by atoms with Crippen LogP contribution >= 0.6 is 0 Å². The number of likely N-dealkylation sites (tertiary alicyclic amines) is 1. The van der Waals surface area contributed by atoms with Gasteiger partial charge in [0.25, 0.3) is 5.56 Å². The lowest BCUT2D eigenvalue weighted by Gasteiger charge is -2.38. The molecule has 0 amide bonds. The number of halogens is 3. The van der Waals surface area contributed by atoms with Crippen molar-refractivity contribution < 1.29 is 18.3 Å². The molecule has 0 aliphatic carbocycles. The molecule has 176 valence electrons. The number of piperidine rings is 1. The molecule has 10 heteroatoms. The van der Waals surface area contributed by atoms with Crippen molar-refractivity contribution in [2.45, 2.75) is 31.5 Å². The zero-order valence-corrected chi connectivity index (χ0v) is 18.2. The molecule has 1 N–H and O–H groups in total. The highest BCUT2D eigenvalue weighted by molar-refractivity contribution is 5.74. The first-order valence-corrected chi connectivity index (χ1v) is 10.9. The van der Waals surface area contributed by atoms with Gasteiger partial charge in [0.05, 0.1) is 24.0 Å². The molecule has 0 bridgehead atoms. The summed E-state index contributed by atoms with van der Waals surface area (Å²) >= 11 is 0. The third-order valence-electron chi connectivity index (χ3n) is 6.29. The minimum atomic E-state index is -1.12. The van der Waals surface area contributed by atoms with E-state index in [9.17, 15) is 23.1 Å². The average Bonchev–Trinajstić information content (AvgIpc) is 3.25. The monoisotopic (exact) mass is 469 g/mol. The summed E-state index contributed by atoms with van der Waals surface area (Å²) < 4.78 is 43.1. The van der Waals surface area contributed by atoms with Gasteiger partial charge in [-0.3, -0.25) is 14.3 Å². The Morgan fingerprint density at radius 2 is 1.71 bits per heavy atom. The van der Waals surface area contributed by atoms with E-state index in [4.69, 9.17) is 0 Å². The molecule has 2 aromatic heterocycles. The zero-order chi connectivity index (χ0) is 23.9. The summed E-state index contributed by atoms with van der Waals surface area (Å²) in [4.78, 5) is 19.4. The van der Waals surface area contributed by atoms with Crippen molar-refractivity contribution in [1.29, 1.82) is 0 Å². The Kier molecular flexibility index (Phi) is 5.70. The molecule has 4 aromatic rings. The minimum absolute atomic E-state index is 0.0647. The third kappa shape index (κ3) is 4.34. The normalized spacial score (nSPS) is 16.2. The largest absolute Gasteiger partial charge is 0.388 e. The van der Waals surface area contributed by atoms with Crippen LogP contribution in [0.15, 0.2) is 59.8 Å². The van der Waals surface area contributed by atoms with Crippen LogP contribution in [0.4, 0.5) is 13.2 Å². The van der Waals surface area contributed by atoms with Crippen molar-refractivity contribution in [3.05, 3.63) is 88.4 Å². The Morgan fingerprint density at radius 3 is 2.41 bits per heavy atom. The van der Waals surface area contributed by atoms with Crippen molar-refractivity contribution in [3.63, 3.8) is 0 Å². The summed E-state index contributed by atoms with van der Waals surface area (Å²) in [6, 6.07) is 9.22. The van der Waals surface area contributed by atoms with Crippen molar-refractivity contribution in [2.75, 3.05) is 13.1 Å². The van der Waals surface area contributed by atoms with Gasteiger partial charge in [-0.1, -0.05) is 6.07 Å². The predicted octanol–water partition coefficient (Wildman–Crippen LogP) is 3.03. The Balaban J connectivity index is 1.30. The summed E-state index contributed by atoms with van der Waals surface area (Å²) in [6.45, 7) is 1.38. The van der Waals surface area contributed by atoms with Crippen molar-refractivity contribution in [1.82, 2.24) is 24.2 Å². The molecule has 34 heavy (non-hydrogen) atoms. The maximum atomic E-state index is 14.0. The summed E-state index contributed by atoms with van der Waals surface area (Å²) in [5.41, 5.74) is -0.136. The molecule has 5 rings (SSSR count). The highest BCUT2D eigenvalue weighted by atomic mass is 19.1. The molecule has 3 heterocycles. The van der Waals surface area contributed by atoms with Crippen LogP contribution in [0.3, 0.4) is 0 Å². The van der Waals surface area contributed by atoms with Gasteiger partial charge in [-0.25, -0.2) is 22.8 Å². The van der Waals surface area contributed by atoms with Crippen LogP contribution < -0.4 is 5.56 Å². The lowest BCUT2D eigenvalue weighted by Crippen LogP contribution is -2.47. The number of aliphatic hydroxyl groups is 1. The van der Waals surface area contributed by atoms with Crippen LogP contribution in [-0.4, -0.2) is 48.0 Å². The van der Waals surface area contributed by atoms with Gasteiger partial charge >= 0.3 is 0 Å². The lowest BCUT2D eigenvalue weighted by molar-refractivity contribution is -0.0366. The molecule has 1 saturated heterocycles. The molecule has 0 atom stereocenters. The van der Waals surface area contributed by atoms with E-state index in [0.717, 1.165) is 6.07 Å². The van der Waals surface area contributed by atoms with Crippen molar-refractivity contribution in [3.8, 4) is 5.69 Å². The van der Waals surface area contributed by atoms with E-state index in [0.29, 0.717) is 54.8 Å². The van der Waals surface area contributed by atoms with Crippen LogP contribution in [0.25, 0.3) is 16.7 Å². The zero-order valence-electron chi connectivity index (χ0n) is 18.2. The first-order valence-electron chi connectivity index (χ1n) is 10.9. The Labute approximate surface area is 192 Å². The van der Waals surface area contributed by atoms with E-state index in [2.05, 4.69) is 10.1 Å². The van der Waals surface area contributed by atoms with Crippen molar-refractivity contribution >= 4 is 11.0 Å². The number of hydrogen-bond acceptors (Lipinski definition) is 5. The summed E-state index contributed by atoms with van der Waals surface area (Å²) in [7, 11) is 0. The third-order valence-corrected chi connectivity index (χ3v) is 6.29. The van der Waals surface area contributed by atoms with Gasteiger partial charge in [0, 0.05) is 31.3 Å². The Hall–Kier alpha value is -3.50. The molecular formula is C24H22F3N5O2. The minimum Gasteiger partial charge on any atom is -0.388 e. The highest BCUT2D eigenvalue weighted by Gasteiger charge is 2.33. The predicted molar refractivity (Wildman–Crippen MR) is 119 cm³/mol. The molecule has 1 fully saturated rings. The van der Waals surface area contributed by atoms with Crippen LogP contribution in [0.2, 0.25) is 0 Å². The fraction of sp³-hybridized carbons (Fsp3) is 0.292. The van der Waals surface area contributed by atoms with Crippen LogP contribution in [-0.2, 0) is 13.1 Å². The maximum absolute atomic E-state index is 14.0. The van der Waals surface area contributed by atoms with Gasteiger partial charge in [-0.15, -0.1) is 0 Å². The topological polar surface area (TPSA) is 76.2 Å². The quantitative estimate of drug-likeness (QED) is 0.486. The van der Waals surface area contributed by atoms with Gasteiger partial charge < -0.3 is 5.11 Å². The molecule has 0 saturated carbocycles. The fourth-order valence-corrected chi connectivity index (χ4v) is 4.33.